The van der Waals surface area contributed by atoms with Gasteiger partial charge in [0.15, 0.2) is 0 Å². The lowest BCUT2D eigenvalue weighted by atomic mass is 10.2. The van der Waals surface area contributed by atoms with Crippen LogP contribution in [0.3, 0.4) is 0 Å². The summed E-state index contributed by atoms with van der Waals surface area (Å²) >= 11 is 1.26. The quantitative estimate of drug-likeness (QED) is 0.524. The fourth-order valence-corrected chi connectivity index (χ4v) is 1.45. The van der Waals surface area contributed by atoms with Gasteiger partial charge in [0.25, 0.3) is 0 Å². The lowest BCUT2D eigenvalue weighted by Crippen LogP contribution is -1.92. The largest absolute Gasteiger partial charge is 0.197 e. The van der Waals surface area contributed by atoms with Gasteiger partial charge in [0.2, 0.25) is 0 Å². The Kier molecular flexibility index (Phi) is 1.80. The second-order valence-corrected chi connectivity index (χ2v) is 2.97. The van der Waals surface area contributed by atoms with Crippen LogP contribution in [0.1, 0.15) is 0 Å². The van der Waals surface area contributed by atoms with Gasteiger partial charge in [-0.1, -0.05) is 18.3 Å². The average Bonchev–Trinajstić information content (AvgIpc) is 2.30. The molecule has 0 saturated carbocycles. The molecule has 3 heteroatoms. The second kappa shape index (κ2) is 2.60. The molecule has 1 rings (SSSR count). The van der Waals surface area contributed by atoms with Gasteiger partial charge in [-0.15, -0.1) is 0 Å². The van der Waals surface area contributed by atoms with Gasteiger partial charge in [-0.2, -0.15) is 10.5 Å². The fourth-order valence-electron chi connectivity index (χ4n) is 0.649. The number of thioether (sulfide) groups is 1. The van der Waals surface area contributed by atoms with Gasteiger partial charge in [-0.25, -0.2) is 0 Å². The first kappa shape index (κ1) is 6.92. The van der Waals surface area contributed by atoms with Crippen molar-refractivity contribution in [1.82, 2.24) is 0 Å². The summed E-state index contributed by atoms with van der Waals surface area (Å²) in [6.07, 6.45) is 1.65. The summed E-state index contributed by atoms with van der Waals surface area (Å²) in [5.41, 5.74) is 0.726. The monoisotopic (exact) mass is 148 g/mol. The Morgan fingerprint density at radius 2 is 2.30 bits per heavy atom. The standard InChI is InChI=1S/C7H4N2S/c1-5-2-6(3-8)10-7(5)4-9/h2,7H,1H2. The van der Waals surface area contributed by atoms with E-state index >= 15 is 0 Å². The lowest BCUT2D eigenvalue weighted by molar-refractivity contribution is 1.33. The number of rotatable bonds is 0. The predicted molar refractivity (Wildman–Crippen MR) is 39.8 cm³/mol. The maximum atomic E-state index is 8.48. The molecule has 0 radical (unpaired) electrons. The van der Waals surface area contributed by atoms with Crippen molar-refractivity contribution in [2.75, 3.05) is 0 Å². The van der Waals surface area contributed by atoms with Crippen molar-refractivity contribution >= 4 is 11.8 Å². The van der Waals surface area contributed by atoms with Crippen LogP contribution in [0.2, 0.25) is 0 Å². The summed E-state index contributed by atoms with van der Waals surface area (Å²) in [5, 5.41) is 16.6. The number of hydrogen-bond donors (Lipinski definition) is 0. The Labute approximate surface area is 63.5 Å². The normalized spacial score (nSPS) is 23.2. The van der Waals surface area contributed by atoms with Crippen molar-refractivity contribution in [3.63, 3.8) is 0 Å². The van der Waals surface area contributed by atoms with Gasteiger partial charge in [0.05, 0.1) is 11.0 Å². The van der Waals surface area contributed by atoms with Crippen molar-refractivity contribution in [1.29, 1.82) is 10.5 Å². The molecule has 2 nitrogen and oxygen atoms in total. The van der Waals surface area contributed by atoms with Crippen LogP contribution in [-0.4, -0.2) is 5.25 Å². The molecule has 0 amide bonds. The van der Waals surface area contributed by atoms with Gasteiger partial charge in [-0.3, -0.25) is 0 Å². The summed E-state index contributed by atoms with van der Waals surface area (Å²) in [6, 6.07) is 4.01. The van der Waals surface area contributed by atoms with Crippen molar-refractivity contribution in [3.8, 4) is 12.1 Å². The molecule has 10 heavy (non-hydrogen) atoms. The molecule has 0 saturated heterocycles. The Balaban J connectivity index is 2.81. The molecule has 1 aliphatic heterocycles. The molecule has 0 aromatic carbocycles. The van der Waals surface area contributed by atoms with E-state index in [1.807, 2.05) is 12.1 Å². The topological polar surface area (TPSA) is 47.6 Å². The third kappa shape index (κ3) is 1.05. The second-order valence-electron chi connectivity index (χ2n) is 1.82. The summed E-state index contributed by atoms with van der Waals surface area (Å²) in [6.45, 7) is 3.63. The van der Waals surface area contributed by atoms with Crippen LogP contribution < -0.4 is 0 Å². The van der Waals surface area contributed by atoms with Gasteiger partial charge in [0, 0.05) is 0 Å². The van der Waals surface area contributed by atoms with Crippen LogP contribution in [0.15, 0.2) is 23.1 Å². The first-order valence-corrected chi connectivity index (χ1v) is 3.52. The third-order valence-electron chi connectivity index (χ3n) is 1.13. The first-order chi connectivity index (χ1) is 4.77. The molecule has 1 unspecified atom stereocenters. The zero-order valence-corrected chi connectivity index (χ0v) is 5.98. The van der Waals surface area contributed by atoms with Gasteiger partial charge in [-0.05, 0) is 11.6 Å². The minimum Gasteiger partial charge on any atom is -0.197 e. The van der Waals surface area contributed by atoms with E-state index in [0.717, 1.165) is 5.57 Å². The van der Waals surface area contributed by atoms with Crippen molar-refractivity contribution in [2.45, 2.75) is 5.25 Å². The van der Waals surface area contributed by atoms with E-state index in [4.69, 9.17) is 10.5 Å². The molecule has 0 aromatic rings. The van der Waals surface area contributed by atoms with Gasteiger partial charge in [0.1, 0.15) is 11.3 Å². The molecule has 0 N–H and O–H groups in total. The minimum atomic E-state index is -0.241. The molecule has 0 aliphatic carbocycles. The van der Waals surface area contributed by atoms with E-state index in [-0.39, 0.29) is 5.25 Å². The van der Waals surface area contributed by atoms with Crippen LogP contribution in [0.5, 0.6) is 0 Å². The molecule has 1 heterocycles. The van der Waals surface area contributed by atoms with E-state index in [9.17, 15) is 0 Å². The van der Waals surface area contributed by atoms with Crippen LogP contribution in [0.25, 0.3) is 0 Å². The number of allylic oxidation sites excluding steroid dienone is 2. The lowest BCUT2D eigenvalue weighted by Gasteiger charge is -1.94. The highest BCUT2D eigenvalue weighted by molar-refractivity contribution is 8.04. The minimum absolute atomic E-state index is 0.241. The molecule has 0 aromatic heterocycles. The van der Waals surface area contributed by atoms with Crippen molar-refractivity contribution < 1.29 is 0 Å². The fraction of sp³-hybridized carbons (Fsp3) is 0.143. The molecular weight excluding hydrogens is 144 g/mol. The number of nitrogens with zero attached hydrogens (tertiary/aromatic N) is 2. The Bertz CT molecular complexity index is 277. The van der Waals surface area contributed by atoms with Crippen LogP contribution >= 0.6 is 11.8 Å². The Morgan fingerprint density at radius 3 is 2.60 bits per heavy atom. The summed E-state index contributed by atoms with van der Waals surface area (Å²) in [5.74, 6) is 0. The zero-order chi connectivity index (χ0) is 7.56. The maximum absolute atomic E-state index is 8.48. The van der Waals surface area contributed by atoms with Crippen LogP contribution in [0.4, 0.5) is 0 Å². The highest BCUT2D eigenvalue weighted by Crippen LogP contribution is 2.33. The van der Waals surface area contributed by atoms with Gasteiger partial charge < -0.3 is 0 Å². The molecule has 1 aliphatic rings. The molecule has 0 fully saturated rings. The van der Waals surface area contributed by atoms with Gasteiger partial charge >= 0.3 is 0 Å². The van der Waals surface area contributed by atoms with E-state index in [2.05, 4.69) is 6.58 Å². The van der Waals surface area contributed by atoms with E-state index in [1.54, 1.807) is 6.08 Å². The van der Waals surface area contributed by atoms with E-state index in [0.29, 0.717) is 4.91 Å². The SMILES string of the molecule is C=C1C=C(C#N)SC1C#N. The summed E-state index contributed by atoms with van der Waals surface area (Å²) in [4.78, 5) is 0.580. The first-order valence-electron chi connectivity index (χ1n) is 2.65. The third-order valence-corrected chi connectivity index (χ3v) is 2.23. The molecule has 0 bridgehead atoms. The predicted octanol–water partition coefficient (Wildman–Crippen LogP) is 1.59. The zero-order valence-electron chi connectivity index (χ0n) is 5.16. The maximum Gasteiger partial charge on any atom is 0.121 e. The molecule has 48 valence electrons. The smallest absolute Gasteiger partial charge is 0.121 e. The highest BCUT2D eigenvalue weighted by Gasteiger charge is 2.20. The van der Waals surface area contributed by atoms with E-state index in [1.165, 1.54) is 11.8 Å². The Morgan fingerprint density at radius 1 is 1.60 bits per heavy atom. The van der Waals surface area contributed by atoms with Crippen molar-refractivity contribution in [2.24, 2.45) is 0 Å². The van der Waals surface area contributed by atoms with E-state index < -0.39 is 0 Å². The summed E-state index contributed by atoms with van der Waals surface area (Å²) in [7, 11) is 0. The summed E-state index contributed by atoms with van der Waals surface area (Å²) < 4.78 is 0. The van der Waals surface area contributed by atoms with Crippen molar-refractivity contribution in [3.05, 3.63) is 23.1 Å². The highest BCUT2D eigenvalue weighted by atomic mass is 32.2. The molecule has 1 atom stereocenters. The average molecular weight is 148 g/mol. The van der Waals surface area contributed by atoms with Crippen LogP contribution in [0, 0.1) is 22.7 Å². The molecular formula is C7H4N2S. The number of hydrogen-bond acceptors (Lipinski definition) is 3. The van der Waals surface area contributed by atoms with Crippen LogP contribution in [-0.2, 0) is 0 Å². The number of nitriles is 2. The molecule has 0 spiro atoms. The Hall–Kier alpha value is -1.19.